The van der Waals surface area contributed by atoms with E-state index in [2.05, 4.69) is 34.8 Å². The summed E-state index contributed by atoms with van der Waals surface area (Å²) in [6, 6.07) is 0. The summed E-state index contributed by atoms with van der Waals surface area (Å²) in [5, 5.41) is 0. The lowest BCUT2D eigenvalue weighted by molar-refractivity contribution is 0.363. The van der Waals surface area contributed by atoms with Crippen molar-refractivity contribution in [2.75, 3.05) is 19.5 Å². The molecule has 9 heavy (non-hydrogen) atoms. The Morgan fingerprint density at radius 2 is 2.33 bits per heavy atom. The standard InChI is InChI=1S/C6H12N2S/c1-3-7-4-5-8(6-7)9-2/h4-5H,3,6H2,1-2H3. The number of hydrogen-bond donors (Lipinski definition) is 0. The molecule has 1 heterocycles. The average Bonchev–Trinajstić information content (AvgIpc) is 2.34. The summed E-state index contributed by atoms with van der Waals surface area (Å²) >= 11 is 1.76. The van der Waals surface area contributed by atoms with Gasteiger partial charge in [0.2, 0.25) is 0 Å². The van der Waals surface area contributed by atoms with Gasteiger partial charge in [0.05, 0.1) is 6.67 Å². The first-order valence-corrected chi connectivity index (χ1v) is 4.28. The van der Waals surface area contributed by atoms with Gasteiger partial charge in [-0.1, -0.05) is 11.9 Å². The summed E-state index contributed by atoms with van der Waals surface area (Å²) in [6.07, 6.45) is 6.31. The molecule has 0 spiro atoms. The lowest BCUT2D eigenvalue weighted by Crippen LogP contribution is -2.20. The first-order chi connectivity index (χ1) is 4.36. The molecule has 1 rings (SSSR count). The molecule has 0 fully saturated rings. The van der Waals surface area contributed by atoms with Gasteiger partial charge in [0.15, 0.2) is 0 Å². The second kappa shape index (κ2) is 3.01. The first-order valence-electron chi connectivity index (χ1n) is 3.10. The minimum absolute atomic E-state index is 1.04. The van der Waals surface area contributed by atoms with Crippen molar-refractivity contribution in [2.45, 2.75) is 6.92 Å². The van der Waals surface area contributed by atoms with E-state index in [4.69, 9.17) is 0 Å². The van der Waals surface area contributed by atoms with Crippen LogP contribution >= 0.6 is 11.9 Å². The zero-order valence-electron chi connectivity index (χ0n) is 5.87. The normalized spacial score (nSPS) is 17.6. The van der Waals surface area contributed by atoms with Crippen LogP contribution < -0.4 is 0 Å². The third-order valence-corrected chi connectivity index (χ3v) is 2.11. The molecule has 0 unspecified atom stereocenters. The van der Waals surface area contributed by atoms with Gasteiger partial charge in [-0.25, -0.2) is 0 Å². The second-order valence-electron chi connectivity index (χ2n) is 1.94. The fraction of sp³-hybridized carbons (Fsp3) is 0.667. The molecular formula is C6H12N2S. The molecule has 1 aliphatic heterocycles. The Hall–Kier alpha value is -0.310. The quantitative estimate of drug-likeness (QED) is 0.540. The van der Waals surface area contributed by atoms with Crippen molar-refractivity contribution in [2.24, 2.45) is 0 Å². The molecule has 52 valence electrons. The Labute approximate surface area is 60.6 Å². The van der Waals surface area contributed by atoms with Gasteiger partial charge in [-0.15, -0.1) is 0 Å². The molecule has 0 bridgehead atoms. The number of rotatable bonds is 2. The largest absolute Gasteiger partial charge is 0.358 e. The van der Waals surface area contributed by atoms with Crippen molar-refractivity contribution in [3.8, 4) is 0 Å². The zero-order chi connectivity index (χ0) is 6.69. The molecule has 0 aromatic carbocycles. The third-order valence-electron chi connectivity index (χ3n) is 1.41. The Balaban J connectivity index is 2.31. The van der Waals surface area contributed by atoms with E-state index >= 15 is 0 Å². The molecule has 0 aromatic rings. The van der Waals surface area contributed by atoms with E-state index in [9.17, 15) is 0 Å². The number of nitrogens with zero attached hydrogens (tertiary/aromatic N) is 2. The average molecular weight is 144 g/mol. The molecule has 0 N–H and O–H groups in total. The van der Waals surface area contributed by atoms with Crippen LogP contribution in [0.3, 0.4) is 0 Å². The van der Waals surface area contributed by atoms with Gasteiger partial charge in [0.25, 0.3) is 0 Å². The molecule has 0 aromatic heterocycles. The van der Waals surface area contributed by atoms with Gasteiger partial charge >= 0.3 is 0 Å². The summed E-state index contributed by atoms with van der Waals surface area (Å²) in [5.74, 6) is 0. The van der Waals surface area contributed by atoms with Gasteiger partial charge < -0.3 is 9.21 Å². The summed E-state index contributed by atoms with van der Waals surface area (Å²) in [4.78, 5) is 2.26. The Bertz CT molecular complexity index is 102. The first kappa shape index (κ1) is 6.81. The molecule has 0 radical (unpaired) electrons. The maximum atomic E-state index is 2.26. The highest BCUT2D eigenvalue weighted by Gasteiger charge is 2.07. The molecule has 2 nitrogen and oxygen atoms in total. The highest BCUT2D eigenvalue weighted by Crippen LogP contribution is 2.13. The highest BCUT2D eigenvalue weighted by atomic mass is 32.2. The van der Waals surface area contributed by atoms with Gasteiger partial charge in [-0.05, 0) is 6.92 Å². The van der Waals surface area contributed by atoms with Gasteiger partial charge in [-0.2, -0.15) is 0 Å². The summed E-state index contributed by atoms with van der Waals surface area (Å²) in [7, 11) is 0. The van der Waals surface area contributed by atoms with E-state index in [0.29, 0.717) is 0 Å². The van der Waals surface area contributed by atoms with Crippen molar-refractivity contribution in [1.82, 2.24) is 9.21 Å². The van der Waals surface area contributed by atoms with Crippen molar-refractivity contribution < 1.29 is 0 Å². The van der Waals surface area contributed by atoms with E-state index in [0.717, 1.165) is 13.2 Å². The highest BCUT2D eigenvalue weighted by molar-refractivity contribution is 7.96. The van der Waals surface area contributed by atoms with Crippen LogP contribution in [0.5, 0.6) is 0 Å². The van der Waals surface area contributed by atoms with Gasteiger partial charge in [0.1, 0.15) is 0 Å². The number of hydrogen-bond acceptors (Lipinski definition) is 3. The van der Waals surface area contributed by atoms with Crippen LogP contribution in [0.4, 0.5) is 0 Å². The van der Waals surface area contributed by atoms with E-state index in [1.165, 1.54) is 0 Å². The molecule has 0 saturated carbocycles. The van der Waals surface area contributed by atoms with E-state index in [1.54, 1.807) is 11.9 Å². The molecule has 1 aliphatic rings. The van der Waals surface area contributed by atoms with E-state index in [-0.39, 0.29) is 0 Å². The van der Waals surface area contributed by atoms with Crippen LogP contribution in [0.25, 0.3) is 0 Å². The lowest BCUT2D eigenvalue weighted by atomic mass is 10.6. The van der Waals surface area contributed by atoms with Crippen molar-refractivity contribution in [1.29, 1.82) is 0 Å². The zero-order valence-corrected chi connectivity index (χ0v) is 6.69. The summed E-state index contributed by atoms with van der Waals surface area (Å²) < 4.78 is 2.20. The summed E-state index contributed by atoms with van der Waals surface area (Å²) in [5.41, 5.74) is 0. The molecule has 0 amide bonds. The van der Waals surface area contributed by atoms with Crippen LogP contribution in [0.15, 0.2) is 12.4 Å². The van der Waals surface area contributed by atoms with Crippen LogP contribution in [0.1, 0.15) is 6.92 Å². The fourth-order valence-electron chi connectivity index (χ4n) is 0.766. The second-order valence-corrected chi connectivity index (χ2v) is 2.78. The van der Waals surface area contributed by atoms with Gasteiger partial charge in [0, 0.05) is 25.2 Å². The molecular weight excluding hydrogens is 132 g/mol. The van der Waals surface area contributed by atoms with Crippen LogP contribution in [0, 0.1) is 0 Å². The topological polar surface area (TPSA) is 6.48 Å². The predicted octanol–water partition coefficient (Wildman–Crippen LogP) is 1.33. The van der Waals surface area contributed by atoms with Crippen LogP contribution in [-0.2, 0) is 0 Å². The van der Waals surface area contributed by atoms with Crippen molar-refractivity contribution in [3.05, 3.63) is 12.4 Å². The molecule has 0 saturated heterocycles. The summed E-state index contributed by atoms with van der Waals surface area (Å²) in [6.45, 7) is 4.30. The Morgan fingerprint density at radius 3 is 2.67 bits per heavy atom. The molecule has 3 heteroatoms. The van der Waals surface area contributed by atoms with Gasteiger partial charge in [-0.3, -0.25) is 0 Å². The van der Waals surface area contributed by atoms with Crippen LogP contribution in [-0.4, -0.2) is 28.7 Å². The minimum atomic E-state index is 1.04. The van der Waals surface area contributed by atoms with E-state index < -0.39 is 0 Å². The Morgan fingerprint density at radius 1 is 1.56 bits per heavy atom. The third kappa shape index (κ3) is 1.55. The monoisotopic (exact) mass is 144 g/mol. The maximum Gasteiger partial charge on any atom is 0.0999 e. The van der Waals surface area contributed by atoms with Crippen molar-refractivity contribution >= 4 is 11.9 Å². The maximum absolute atomic E-state index is 2.26. The van der Waals surface area contributed by atoms with Crippen molar-refractivity contribution in [3.63, 3.8) is 0 Å². The smallest absolute Gasteiger partial charge is 0.0999 e. The molecule has 0 atom stereocenters. The SMILES string of the molecule is CCN1C=CN(SC)C1. The fourth-order valence-corrected chi connectivity index (χ4v) is 1.21. The predicted molar refractivity (Wildman–Crippen MR) is 41.7 cm³/mol. The lowest BCUT2D eigenvalue weighted by Gasteiger charge is -2.16. The Kier molecular flexibility index (Phi) is 2.28. The molecule has 0 aliphatic carbocycles. The van der Waals surface area contributed by atoms with Crippen LogP contribution in [0.2, 0.25) is 0 Å². The minimum Gasteiger partial charge on any atom is -0.358 e. The van der Waals surface area contributed by atoms with E-state index in [1.807, 2.05) is 0 Å².